The van der Waals surface area contributed by atoms with E-state index in [2.05, 4.69) is 5.32 Å². The summed E-state index contributed by atoms with van der Waals surface area (Å²) in [4.78, 5) is 0. The van der Waals surface area contributed by atoms with E-state index in [9.17, 15) is 0 Å². The molecule has 0 bridgehead atoms. The smallest absolute Gasteiger partial charge is 0.0615 e. The van der Waals surface area contributed by atoms with Gasteiger partial charge in [0, 0.05) is 13.2 Å². The fraction of sp³-hybridized carbons (Fsp3) is 1.00. The molecule has 0 heterocycles. The Morgan fingerprint density at radius 1 is 1.55 bits per heavy atom. The molecular weight excluding hydrogens is 138 g/mol. The Balaban J connectivity index is 1.98. The van der Waals surface area contributed by atoms with Gasteiger partial charge in [0.25, 0.3) is 0 Å². The van der Waals surface area contributed by atoms with Crippen LogP contribution >= 0.6 is 0 Å². The minimum atomic E-state index is 0.570. The van der Waals surface area contributed by atoms with Gasteiger partial charge in [0.05, 0.1) is 6.61 Å². The number of methoxy groups -OCH3 is 1. The third-order valence-electron chi connectivity index (χ3n) is 2.40. The van der Waals surface area contributed by atoms with Crippen molar-refractivity contribution in [2.75, 3.05) is 20.8 Å². The molecule has 2 nitrogen and oxygen atoms in total. The highest BCUT2D eigenvalue weighted by Crippen LogP contribution is 2.33. The summed E-state index contributed by atoms with van der Waals surface area (Å²) < 4.78 is 5.09. The van der Waals surface area contributed by atoms with E-state index < -0.39 is 0 Å². The molecule has 1 atom stereocenters. The Morgan fingerprint density at radius 3 is 2.73 bits per heavy atom. The zero-order valence-electron chi connectivity index (χ0n) is 7.60. The molecule has 66 valence electrons. The van der Waals surface area contributed by atoms with Crippen LogP contribution in [0.25, 0.3) is 0 Å². The van der Waals surface area contributed by atoms with Gasteiger partial charge in [-0.25, -0.2) is 0 Å². The van der Waals surface area contributed by atoms with Crippen molar-refractivity contribution in [1.29, 1.82) is 0 Å². The third-order valence-corrected chi connectivity index (χ3v) is 2.40. The second-order valence-electron chi connectivity index (χ2n) is 3.46. The zero-order valence-corrected chi connectivity index (χ0v) is 7.60. The van der Waals surface area contributed by atoms with Crippen LogP contribution in [0.5, 0.6) is 0 Å². The molecule has 0 aromatic carbocycles. The summed E-state index contributed by atoms with van der Waals surface area (Å²) in [6, 6.07) is 0.570. The maximum absolute atomic E-state index is 5.09. The highest BCUT2D eigenvalue weighted by Gasteiger charge is 2.21. The van der Waals surface area contributed by atoms with E-state index in [4.69, 9.17) is 4.74 Å². The largest absolute Gasteiger partial charge is 0.383 e. The minimum absolute atomic E-state index is 0.570. The van der Waals surface area contributed by atoms with Gasteiger partial charge in [-0.15, -0.1) is 0 Å². The fourth-order valence-electron chi connectivity index (χ4n) is 1.36. The van der Waals surface area contributed by atoms with E-state index >= 15 is 0 Å². The van der Waals surface area contributed by atoms with Crippen molar-refractivity contribution in [3.05, 3.63) is 0 Å². The Morgan fingerprint density at radius 2 is 2.27 bits per heavy atom. The molecule has 1 aliphatic rings. The van der Waals surface area contributed by atoms with Crippen molar-refractivity contribution >= 4 is 0 Å². The van der Waals surface area contributed by atoms with Crippen LogP contribution in [0.1, 0.15) is 25.7 Å². The first-order valence-corrected chi connectivity index (χ1v) is 4.53. The first-order chi connectivity index (χ1) is 5.36. The Hall–Kier alpha value is -0.0800. The second kappa shape index (κ2) is 4.73. The fourth-order valence-corrected chi connectivity index (χ4v) is 1.36. The van der Waals surface area contributed by atoms with Crippen LogP contribution in [0.15, 0.2) is 0 Å². The van der Waals surface area contributed by atoms with Crippen molar-refractivity contribution in [2.24, 2.45) is 5.92 Å². The molecule has 1 N–H and O–H groups in total. The summed E-state index contributed by atoms with van der Waals surface area (Å²) in [6.45, 7) is 0.850. The Labute approximate surface area is 69.3 Å². The van der Waals surface area contributed by atoms with Crippen LogP contribution in [0.4, 0.5) is 0 Å². The summed E-state index contributed by atoms with van der Waals surface area (Å²) in [7, 11) is 3.78. The van der Waals surface area contributed by atoms with Crippen LogP contribution in [0, 0.1) is 5.92 Å². The predicted molar refractivity (Wildman–Crippen MR) is 46.7 cm³/mol. The molecule has 1 rings (SSSR count). The molecule has 1 aliphatic carbocycles. The van der Waals surface area contributed by atoms with Crippen LogP contribution in [0.3, 0.4) is 0 Å². The monoisotopic (exact) mass is 157 g/mol. The average Bonchev–Trinajstić information content (AvgIpc) is 2.81. The maximum atomic E-state index is 5.09. The number of hydrogen-bond donors (Lipinski definition) is 1. The summed E-state index contributed by atoms with van der Waals surface area (Å²) in [5.74, 6) is 1.04. The highest BCUT2D eigenvalue weighted by atomic mass is 16.5. The standard InChI is InChI=1S/C9H19NO/c1-10-9(7-11-2)6-5-8-3-4-8/h8-10H,3-7H2,1-2H3. The molecule has 0 amide bonds. The van der Waals surface area contributed by atoms with Gasteiger partial charge in [-0.05, 0) is 25.8 Å². The van der Waals surface area contributed by atoms with Crippen molar-refractivity contribution in [3.8, 4) is 0 Å². The molecule has 0 aromatic heterocycles. The molecule has 0 spiro atoms. The van der Waals surface area contributed by atoms with E-state index in [1.807, 2.05) is 7.05 Å². The number of likely N-dealkylation sites (N-methyl/N-ethyl adjacent to an activating group) is 1. The predicted octanol–water partition coefficient (Wildman–Crippen LogP) is 1.41. The third kappa shape index (κ3) is 3.73. The lowest BCUT2D eigenvalue weighted by atomic mass is 10.1. The first-order valence-electron chi connectivity index (χ1n) is 4.53. The van der Waals surface area contributed by atoms with Crippen LogP contribution < -0.4 is 5.32 Å². The lowest BCUT2D eigenvalue weighted by Gasteiger charge is -2.13. The van der Waals surface area contributed by atoms with Crippen molar-refractivity contribution in [2.45, 2.75) is 31.7 Å². The van der Waals surface area contributed by atoms with Gasteiger partial charge in [-0.3, -0.25) is 0 Å². The van der Waals surface area contributed by atoms with Gasteiger partial charge < -0.3 is 10.1 Å². The van der Waals surface area contributed by atoms with Gasteiger partial charge in [-0.1, -0.05) is 12.8 Å². The Bertz CT molecular complexity index is 102. The molecule has 0 aromatic rings. The summed E-state index contributed by atoms with van der Waals surface area (Å²) in [5.41, 5.74) is 0. The van der Waals surface area contributed by atoms with Gasteiger partial charge in [0.1, 0.15) is 0 Å². The minimum Gasteiger partial charge on any atom is -0.383 e. The number of hydrogen-bond acceptors (Lipinski definition) is 2. The van der Waals surface area contributed by atoms with E-state index in [0.717, 1.165) is 12.5 Å². The molecule has 1 unspecified atom stereocenters. The lowest BCUT2D eigenvalue weighted by Crippen LogP contribution is -2.29. The molecule has 2 heteroatoms. The molecule has 1 fully saturated rings. The lowest BCUT2D eigenvalue weighted by molar-refractivity contribution is 0.164. The normalized spacial score (nSPS) is 20.2. The molecular formula is C9H19NO. The summed E-state index contributed by atoms with van der Waals surface area (Å²) in [5, 5.41) is 3.26. The van der Waals surface area contributed by atoms with Crippen molar-refractivity contribution in [3.63, 3.8) is 0 Å². The van der Waals surface area contributed by atoms with Crippen LogP contribution in [-0.4, -0.2) is 26.8 Å². The molecule has 0 saturated heterocycles. The summed E-state index contributed by atoms with van der Waals surface area (Å²) >= 11 is 0. The van der Waals surface area contributed by atoms with E-state index in [1.165, 1.54) is 25.7 Å². The number of nitrogens with one attached hydrogen (secondary N) is 1. The molecule has 0 radical (unpaired) electrons. The van der Waals surface area contributed by atoms with Gasteiger partial charge in [0.15, 0.2) is 0 Å². The highest BCUT2D eigenvalue weighted by molar-refractivity contribution is 4.75. The first kappa shape index (κ1) is 9.01. The topological polar surface area (TPSA) is 21.3 Å². The SMILES string of the molecule is CNC(CCC1CC1)COC. The molecule has 11 heavy (non-hydrogen) atoms. The molecule has 1 saturated carbocycles. The van der Waals surface area contributed by atoms with E-state index in [1.54, 1.807) is 7.11 Å². The van der Waals surface area contributed by atoms with E-state index in [-0.39, 0.29) is 0 Å². The van der Waals surface area contributed by atoms with Gasteiger partial charge in [-0.2, -0.15) is 0 Å². The summed E-state index contributed by atoms with van der Waals surface area (Å²) in [6.07, 6.45) is 5.58. The zero-order chi connectivity index (χ0) is 8.10. The van der Waals surface area contributed by atoms with Crippen LogP contribution in [0.2, 0.25) is 0 Å². The number of ether oxygens (including phenoxy) is 1. The maximum Gasteiger partial charge on any atom is 0.0615 e. The van der Waals surface area contributed by atoms with Gasteiger partial charge in [0.2, 0.25) is 0 Å². The van der Waals surface area contributed by atoms with Gasteiger partial charge >= 0.3 is 0 Å². The second-order valence-corrected chi connectivity index (χ2v) is 3.46. The number of rotatable bonds is 6. The molecule has 0 aliphatic heterocycles. The van der Waals surface area contributed by atoms with Crippen LogP contribution in [-0.2, 0) is 4.74 Å². The Kier molecular flexibility index (Phi) is 3.87. The quantitative estimate of drug-likeness (QED) is 0.629. The van der Waals surface area contributed by atoms with Crippen molar-refractivity contribution in [1.82, 2.24) is 5.32 Å². The van der Waals surface area contributed by atoms with E-state index in [0.29, 0.717) is 6.04 Å². The average molecular weight is 157 g/mol. The van der Waals surface area contributed by atoms with Crippen molar-refractivity contribution < 1.29 is 4.74 Å².